The molecule has 10 heteroatoms. The molecule has 1 saturated carbocycles. The lowest BCUT2D eigenvalue weighted by Gasteiger charge is -2.23. The molecule has 1 aliphatic carbocycles. The summed E-state index contributed by atoms with van der Waals surface area (Å²) < 4.78 is 5.81. The maximum atomic E-state index is 11.0. The van der Waals surface area contributed by atoms with E-state index in [0.717, 1.165) is 61.3 Å². The van der Waals surface area contributed by atoms with Crippen LogP contribution in [0.25, 0.3) is 11.2 Å². The Kier molecular flexibility index (Phi) is 8.50. The summed E-state index contributed by atoms with van der Waals surface area (Å²) in [6, 6.07) is 8.15. The Morgan fingerprint density at radius 1 is 1.06 bits per heavy atom. The number of unbranched alkanes of at least 4 members (excludes halogenated alkanes) is 3. The molecule has 2 aromatic heterocycles. The van der Waals surface area contributed by atoms with Crippen LogP contribution in [0.15, 0.2) is 30.6 Å². The van der Waals surface area contributed by atoms with E-state index in [1.165, 1.54) is 19.3 Å². The van der Waals surface area contributed by atoms with Crippen LogP contribution in [0.4, 0.5) is 17.5 Å². The van der Waals surface area contributed by atoms with Crippen LogP contribution in [0.2, 0.25) is 0 Å². The number of amides is 1. The molecule has 0 radical (unpaired) electrons. The first-order valence-corrected chi connectivity index (χ1v) is 12.1. The zero-order valence-corrected chi connectivity index (χ0v) is 19.3. The number of nitrogens with one attached hydrogen (secondary N) is 4. The Morgan fingerprint density at radius 2 is 1.85 bits per heavy atom. The Labute approximate surface area is 198 Å². The standard InChI is InChI=1S/C24H33N7O3/c32-20(31-33)10-6-1-2-7-15-34-19-13-11-18(12-14-19)28-24-29-22-21(25-16-26-22)23(30-24)27-17-8-4-3-5-9-17/h11-14,16-17,33H,1-10,15H2,(H,31,32)(H3,25,26,27,28,29,30). The zero-order valence-electron chi connectivity index (χ0n) is 19.3. The van der Waals surface area contributed by atoms with E-state index < -0.39 is 0 Å². The Bertz CT molecular complexity index is 1050. The largest absolute Gasteiger partial charge is 0.494 e. The number of fused-ring (bicyclic) bond motifs is 1. The van der Waals surface area contributed by atoms with Gasteiger partial charge in [0.25, 0.3) is 0 Å². The van der Waals surface area contributed by atoms with Gasteiger partial charge in [-0.25, -0.2) is 10.5 Å². The Morgan fingerprint density at radius 3 is 2.65 bits per heavy atom. The Balaban J connectivity index is 1.27. The summed E-state index contributed by atoms with van der Waals surface area (Å²) in [5, 5.41) is 15.3. The monoisotopic (exact) mass is 467 g/mol. The van der Waals surface area contributed by atoms with Crippen LogP contribution in [-0.4, -0.2) is 43.7 Å². The van der Waals surface area contributed by atoms with Gasteiger partial charge in [0.2, 0.25) is 11.9 Å². The highest BCUT2D eigenvalue weighted by Crippen LogP contribution is 2.26. The van der Waals surface area contributed by atoms with Crippen molar-refractivity contribution < 1.29 is 14.7 Å². The van der Waals surface area contributed by atoms with Gasteiger partial charge in [-0.05, 0) is 49.9 Å². The van der Waals surface area contributed by atoms with Crippen LogP contribution in [0, 0.1) is 0 Å². The van der Waals surface area contributed by atoms with E-state index in [0.29, 0.717) is 30.7 Å². The van der Waals surface area contributed by atoms with E-state index in [2.05, 4.69) is 25.6 Å². The summed E-state index contributed by atoms with van der Waals surface area (Å²) in [5.74, 6) is 1.74. The highest BCUT2D eigenvalue weighted by molar-refractivity contribution is 5.84. The lowest BCUT2D eigenvalue weighted by Crippen LogP contribution is -2.23. The van der Waals surface area contributed by atoms with Crippen LogP contribution in [-0.2, 0) is 4.79 Å². The SMILES string of the molecule is O=C(CCCCCCOc1ccc(Nc2nc(NC3CCCCC3)c3nc[nH]c3n2)cc1)NO. The summed E-state index contributed by atoms with van der Waals surface area (Å²) in [4.78, 5) is 27.7. The van der Waals surface area contributed by atoms with Crippen LogP contribution >= 0.6 is 0 Å². The van der Waals surface area contributed by atoms with Gasteiger partial charge < -0.3 is 20.4 Å². The number of H-pyrrole nitrogens is 1. The topological polar surface area (TPSA) is 137 Å². The number of imidazole rings is 1. The molecule has 2 heterocycles. The number of carbonyl (C=O) groups is 1. The number of ether oxygens (including phenoxy) is 1. The van der Waals surface area contributed by atoms with E-state index >= 15 is 0 Å². The van der Waals surface area contributed by atoms with Crippen molar-refractivity contribution in [1.29, 1.82) is 0 Å². The Hall–Kier alpha value is -3.40. The number of hydrogen-bond donors (Lipinski definition) is 5. The molecular weight excluding hydrogens is 434 g/mol. The first-order valence-electron chi connectivity index (χ1n) is 12.1. The molecule has 34 heavy (non-hydrogen) atoms. The predicted molar refractivity (Wildman–Crippen MR) is 130 cm³/mol. The van der Waals surface area contributed by atoms with Gasteiger partial charge >= 0.3 is 0 Å². The summed E-state index contributed by atoms with van der Waals surface area (Å²) in [7, 11) is 0. The maximum Gasteiger partial charge on any atom is 0.243 e. The van der Waals surface area contributed by atoms with Crippen molar-refractivity contribution in [2.75, 3.05) is 17.2 Å². The molecule has 0 unspecified atom stereocenters. The third-order valence-electron chi connectivity index (χ3n) is 6.03. The first-order chi connectivity index (χ1) is 16.7. The van der Waals surface area contributed by atoms with Crippen molar-refractivity contribution in [3.8, 4) is 5.75 Å². The molecule has 0 saturated heterocycles. The number of aromatic amines is 1. The van der Waals surface area contributed by atoms with E-state index in [1.54, 1.807) is 11.8 Å². The smallest absolute Gasteiger partial charge is 0.243 e. The summed E-state index contributed by atoms with van der Waals surface area (Å²) in [5.41, 5.74) is 3.98. The van der Waals surface area contributed by atoms with Crippen LogP contribution in [0.1, 0.15) is 64.2 Å². The fraction of sp³-hybridized carbons (Fsp3) is 0.500. The molecule has 1 aliphatic rings. The second kappa shape index (κ2) is 12.2. The van der Waals surface area contributed by atoms with Gasteiger partial charge in [-0.3, -0.25) is 10.0 Å². The van der Waals surface area contributed by atoms with Crippen molar-refractivity contribution in [3.63, 3.8) is 0 Å². The van der Waals surface area contributed by atoms with E-state index in [1.807, 2.05) is 24.3 Å². The quantitative estimate of drug-likeness (QED) is 0.147. The molecule has 4 rings (SSSR count). The molecule has 0 aliphatic heterocycles. The number of hydrogen-bond acceptors (Lipinski definition) is 8. The average Bonchev–Trinajstić information content (AvgIpc) is 3.34. The molecule has 3 aromatic rings. The van der Waals surface area contributed by atoms with Crippen molar-refractivity contribution in [2.45, 2.75) is 70.3 Å². The molecule has 0 bridgehead atoms. The normalized spacial score (nSPS) is 14.1. The second-order valence-corrected chi connectivity index (χ2v) is 8.67. The van der Waals surface area contributed by atoms with Gasteiger partial charge in [0, 0.05) is 18.2 Å². The second-order valence-electron chi connectivity index (χ2n) is 8.67. The lowest BCUT2D eigenvalue weighted by atomic mass is 9.95. The van der Waals surface area contributed by atoms with E-state index in [9.17, 15) is 4.79 Å². The van der Waals surface area contributed by atoms with Gasteiger partial charge in [-0.1, -0.05) is 32.1 Å². The summed E-state index contributed by atoms with van der Waals surface area (Å²) >= 11 is 0. The first kappa shape index (κ1) is 23.7. The van der Waals surface area contributed by atoms with Gasteiger partial charge in [-0.2, -0.15) is 9.97 Å². The molecule has 0 atom stereocenters. The van der Waals surface area contributed by atoms with Gasteiger partial charge in [-0.15, -0.1) is 0 Å². The third-order valence-corrected chi connectivity index (χ3v) is 6.03. The molecule has 10 nitrogen and oxygen atoms in total. The number of rotatable bonds is 12. The maximum absolute atomic E-state index is 11.0. The van der Waals surface area contributed by atoms with Crippen molar-refractivity contribution in [3.05, 3.63) is 30.6 Å². The minimum Gasteiger partial charge on any atom is -0.494 e. The van der Waals surface area contributed by atoms with Gasteiger partial charge in [0.1, 0.15) is 11.3 Å². The molecule has 1 aromatic carbocycles. The van der Waals surface area contributed by atoms with E-state index in [-0.39, 0.29) is 5.91 Å². The average molecular weight is 468 g/mol. The predicted octanol–water partition coefficient (Wildman–Crippen LogP) is 4.68. The molecular formula is C24H33N7O3. The number of aromatic nitrogens is 4. The number of anilines is 3. The fourth-order valence-corrected chi connectivity index (χ4v) is 4.18. The number of nitrogens with zero attached hydrogens (tertiary/aromatic N) is 3. The molecule has 1 amide bonds. The molecule has 182 valence electrons. The van der Waals surface area contributed by atoms with Crippen molar-refractivity contribution >= 4 is 34.5 Å². The number of hydroxylamine groups is 1. The summed E-state index contributed by atoms with van der Waals surface area (Å²) in [6.07, 6.45) is 11.7. The molecule has 5 N–H and O–H groups in total. The van der Waals surface area contributed by atoms with Crippen LogP contribution in [0.3, 0.4) is 0 Å². The minimum atomic E-state index is -0.337. The minimum absolute atomic E-state index is 0.337. The van der Waals surface area contributed by atoms with E-state index in [4.69, 9.17) is 14.9 Å². The van der Waals surface area contributed by atoms with Crippen molar-refractivity contribution in [2.24, 2.45) is 0 Å². The van der Waals surface area contributed by atoms with Crippen LogP contribution in [0.5, 0.6) is 5.75 Å². The highest BCUT2D eigenvalue weighted by atomic mass is 16.5. The number of benzene rings is 1. The van der Waals surface area contributed by atoms with Crippen molar-refractivity contribution in [1.82, 2.24) is 25.4 Å². The van der Waals surface area contributed by atoms with Crippen LogP contribution < -0.4 is 20.9 Å². The van der Waals surface area contributed by atoms with Gasteiger partial charge in [0.15, 0.2) is 11.5 Å². The van der Waals surface area contributed by atoms with Gasteiger partial charge in [0.05, 0.1) is 12.9 Å². The highest BCUT2D eigenvalue weighted by Gasteiger charge is 2.17. The fourth-order valence-electron chi connectivity index (χ4n) is 4.18. The third kappa shape index (κ3) is 6.80. The zero-order chi connectivity index (χ0) is 23.6. The molecule has 0 spiro atoms. The number of carbonyl (C=O) groups excluding carboxylic acids is 1. The lowest BCUT2D eigenvalue weighted by molar-refractivity contribution is -0.129. The summed E-state index contributed by atoms with van der Waals surface area (Å²) in [6.45, 7) is 0.620. The molecule has 1 fully saturated rings.